The number of alkyl halides is 3. The Morgan fingerprint density at radius 2 is 1.65 bits per heavy atom. The smallest absolute Gasteiger partial charge is 0.388 e. The Hall–Kier alpha value is -2.34. The number of aliphatic hydroxyl groups excluding tert-OH is 1. The predicted octanol–water partition coefficient (Wildman–Crippen LogP) is 3.56. The monoisotopic (exact) mass is 323 g/mol. The van der Waals surface area contributed by atoms with E-state index in [1.807, 2.05) is 6.07 Å². The van der Waals surface area contributed by atoms with Gasteiger partial charge >= 0.3 is 6.18 Å². The summed E-state index contributed by atoms with van der Waals surface area (Å²) in [5.74, 6) is -0.807. The van der Waals surface area contributed by atoms with Crippen LogP contribution in [0.15, 0.2) is 54.6 Å². The van der Waals surface area contributed by atoms with E-state index in [1.165, 1.54) is 12.1 Å². The number of halogens is 3. The van der Waals surface area contributed by atoms with Crippen molar-refractivity contribution in [2.24, 2.45) is 0 Å². The number of rotatable bonds is 5. The maximum absolute atomic E-state index is 12.9. The second-order valence-corrected chi connectivity index (χ2v) is 5.01. The highest BCUT2D eigenvalue weighted by molar-refractivity contribution is 5.95. The van der Waals surface area contributed by atoms with Gasteiger partial charge in [0.25, 0.3) is 5.91 Å². The Morgan fingerprint density at radius 1 is 1.04 bits per heavy atom. The molecule has 1 atom stereocenters. The summed E-state index contributed by atoms with van der Waals surface area (Å²) < 4.78 is 38.6. The number of benzene rings is 2. The van der Waals surface area contributed by atoms with E-state index in [0.29, 0.717) is 5.56 Å². The van der Waals surface area contributed by atoms with Crippen LogP contribution in [0.2, 0.25) is 0 Å². The van der Waals surface area contributed by atoms with Crippen LogP contribution in [0.3, 0.4) is 0 Å². The van der Waals surface area contributed by atoms with Gasteiger partial charge in [-0.2, -0.15) is 13.2 Å². The summed E-state index contributed by atoms with van der Waals surface area (Å²) in [6.07, 6.45) is -5.16. The van der Waals surface area contributed by atoms with Gasteiger partial charge in [0.05, 0.1) is 17.2 Å². The van der Waals surface area contributed by atoms with Crippen molar-refractivity contribution < 1.29 is 23.1 Å². The molecular weight excluding hydrogens is 307 g/mol. The van der Waals surface area contributed by atoms with Crippen LogP contribution < -0.4 is 5.32 Å². The zero-order valence-electron chi connectivity index (χ0n) is 12.2. The molecule has 2 aromatic carbocycles. The number of amides is 1. The van der Waals surface area contributed by atoms with Gasteiger partial charge < -0.3 is 10.4 Å². The van der Waals surface area contributed by atoms with Crippen molar-refractivity contribution in [1.82, 2.24) is 5.32 Å². The van der Waals surface area contributed by atoms with E-state index < -0.39 is 29.3 Å². The first-order chi connectivity index (χ1) is 10.9. The summed E-state index contributed by atoms with van der Waals surface area (Å²) in [5, 5.41) is 12.4. The highest BCUT2D eigenvalue weighted by atomic mass is 19.4. The maximum Gasteiger partial charge on any atom is 0.417 e. The fourth-order valence-corrected chi connectivity index (χ4v) is 2.19. The van der Waals surface area contributed by atoms with Crippen molar-refractivity contribution in [2.45, 2.75) is 18.7 Å². The molecule has 2 aromatic rings. The molecule has 0 fully saturated rings. The summed E-state index contributed by atoms with van der Waals surface area (Å²) in [6, 6.07) is 13.5. The van der Waals surface area contributed by atoms with Crippen LogP contribution >= 0.6 is 0 Å². The van der Waals surface area contributed by atoms with Gasteiger partial charge in [0, 0.05) is 6.54 Å². The molecule has 0 spiro atoms. The molecule has 0 saturated carbocycles. The lowest BCUT2D eigenvalue weighted by Crippen LogP contribution is -2.28. The summed E-state index contributed by atoms with van der Waals surface area (Å²) in [6.45, 7) is 0.0705. The fraction of sp³-hybridized carbons (Fsp3) is 0.235. The predicted molar refractivity (Wildman–Crippen MR) is 79.8 cm³/mol. The van der Waals surface area contributed by atoms with Crippen LogP contribution in [0.5, 0.6) is 0 Å². The molecule has 0 heterocycles. The van der Waals surface area contributed by atoms with Crippen LogP contribution in [0, 0.1) is 0 Å². The molecule has 0 aliphatic rings. The number of hydrogen-bond acceptors (Lipinski definition) is 2. The molecule has 3 nitrogen and oxygen atoms in total. The van der Waals surface area contributed by atoms with Crippen molar-refractivity contribution in [2.75, 3.05) is 6.54 Å². The molecule has 0 aliphatic carbocycles. The molecule has 6 heteroatoms. The van der Waals surface area contributed by atoms with Gasteiger partial charge in [0.15, 0.2) is 0 Å². The minimum Gasteiger partial charge on any atom is -0.388 e. The third kappa shape index (κ3) is 4.56. The van der Waals surface area contributed by atoms with E-state index in [2.05, 4.69) is 5.32 Å². The van der Waals surface area contributed by atoms with Gasteiger partial charge in [-0.1, -0.05) is 42.5 Å². The van der Waals surface area contributed by atoms with Crippen LogP contribution in [-0.4, -0.2) is 17.6 Å². The van der Waals surface area contributed by atoms with E-state index in [0.717, 1.165) is 12.1 Å². The van der Waals surface area contributed by atoms with Crippen LogP contribution in [0.25, 0.3) is 0 Å². The summed E-state index contributed by atoms with van der Waals surface area (Å²) >= 11 is 0. The van der Waals surface area contributed by atoms with Gasteiger partial charge in [0.2, 0.25) is 0 Å². The van der Waals surface area contributed by atoms with Crippen molar-refractivity contribution in [3.05, 3.63) is 71.3 Å². The lowest BCUT2D eigenvalue weighted by atomic mass is 10.1. The zero-order chi connectivity index (χ0) is 16.9. The molecule has 122 valence electrons. The molecule has 0 aliphatic heterocycles. The van der Waals surface area contributed by atoms with Gasteiger partial charge in [0.1, 0.15) is 0 Å². The average molecular weight is 323 g/mol. The second-order valence-electron chi connectivity index (χ2n) is 5.01. The van der Waals surface area contributed by atoms with E-state index >= 15 is 0 Å². The Labute approximate surface area is 131 Å². The first-order valence-corrected chi connectivity index (χ1v) is 7.07. The largest absolute Gasteiger partial charge is 0.417 e. The quantitative estimate of drug-likeness (QED) is 0.884. The average Bonchev–Trinajstić information content (AvgIpc) is 2.54. The molecule has 0 saturated heterocycles. The van der Waals surface area contributed by atoms with Gasteiger partial charge in [-0.15, -0.1) is 0 Å². The van der Waals surface area contributed by atoms with E-state index in [1.54, 1.807) is 24.3 Å². The van der Waals surface area contributed by atoms with E-state index in [4.69, 9.17) is 0 Å². The van der Waals surface area contributed by atoms with Gasteiger partial charge in [-0.05, 0) is 24.1 Å². The third-order valence-electron chi connectivity index (χ3n) is 3.36. The maximum atomic E-state index is 12.9. The van der Waals surface area contributed by atoms with Crippen molar-refractivity contribution in [3.8, 4) is 0 Å². The third-order valence-corrected chi connectivity index (χ3v) is 3.36. The fourth-order valence-electron chi connectivity index (χ4n) is 2.19. The molecule has 0 unspecified atom stereocenters. The van der Waals surface area contributed by atoms with Crippen LogP contribution in [0.1, 0.15) is 34.0 Å². The van der Waals surface area contributed by atoms with Gasteiger partial charge in [-0.3, -0.25) is 4.79 Å². The summed E-state index contributed by atoms with van der Waals surface area (Å²) in [7, 11) is 0. The molecule has 0 aromatic heterocycles. The van der Waals surface area contributed by atoms with Crippen LogP contribution in [-0.2, 0) is 6.18 Å². The molecule has 2 rings (SSSR count). The molecular formula is C17H16F3NO2. The van der Waals surface area contributed by atoms with Crippen LogP contribution in [0.4, 0.5) is 13.2 Å². The van der Waals surface area contributed by atoms with E-state index in [-0.39, 0.29) is 13.0 Å². The number of nitrogens with one attached hydrogen (secondary N) is 1. The van der Waals surface area contributed by atoms with Crippen molar-refractivity contribution in [1.29, 1.82) is 0 Å². The summed E-state index contributed by atoms with van der Waals surface area (Å²) in [4.78, 5) is 11.9. The standard InChI is InChI=1S/C17H16F3NO2/c18-17(19,20)14-9-5-4-8-13(14)16(23)21-11-10-15(22)12-6-2-1-3-7-12/h1-9,15,22H,10-11H2,(H,21,23)/t15-/m1/s1. The normalized spacial score (nSPS) is 12.7. The second kappa shape index (κ2) is 7.28. The Bertz CT molecular complexity index is 656. The SMILES string of the molecule is O=C(NCC[C@@H](O)c1ccccc1)c1ccccc1C(F)(F)F. The van der Waals surface area contributed by atoms with Crippen molar-refractivity contribution in [3.63, 3.8) is 0 Å². The lowest BCUT2D eigenvalue weighted by molar-refractivity contribution is -0.137. The summed E-state index contributed by atoms with van der Waals surface area (Å²) in [5.41, 5.74) is -0.701. The molecule has 2 N–H and O–H groups in total. The molecule has 0 radical (unpaired) electrons. The number of carbonyl (C=O) groups excluding carboxylic acids is 1. The Balaban J connectivity index is 1.96. The van der Waals surface area contributed by atoms with Crippen molar-refractivity contribution >= 4 is 5.91 Å². The Morgan fingerprint density at radius 3 is 2.30 bits per heavy atom. The molecule has 23 heavy (non-hydrogen) atoms. The lowest BCUT2D eigenvalue weighted by Gasteiger charge is -2.14. The number of carbonyl (C=O) groups is 1. The first kappa shape index (κ1) is 17.0. The van der Waals surface area contributed by atoms with Gasteiger partial charge in [-0.25, -0.2) is 0 Å². The van der Waals surface area contributed by atoms with E-state index in [9.17, 15) is 23.1 Å². The minimum absolute atomic E-state index is 0.0705. The first-order valence-electron chi connectivity index (χ1n) is 7.07. The highest BCUT2D eigenvalue weighted by Crippen LogP contribution is 2.31. The Kier molecular flexibility index (Phi) is 5.39. The zero-order valence-corrected chi connectivity index (χ0v) is 12.2. The number of hydrogen-bond donors (Lipinski definition) is 2. The topological polar surface area (TPSA) is 49.3 Å². The number of aliphatic hydroxyl groups is 1. The molecule has 0 bridgehead atoms. The minimum atomic E-state index is -4.59. The molecule has 1 amide bonds. The highest BCUT2D eigenvalue weighted by Gasteiger charge is 2.34.